The largest absolute Gasteiger partial charge is 0.478 e. The number of carbonyl (C=O) groups is 2. The van der Waals surface area contributed by atoms with Crippen LogP contribution >= 0.6 is 22.9 Å². The highest BCUT2D eigenvalue weighted by atomic mass is 35.5. The highest BCUT2D eigenvalue weighted by Crippen LogP contribution is 2.23. The molecule has 0 bridgehead atoms. The molecule has 2 aromatic rings. The Morgan fingerprint density at radius 2 is 2.09 bits per heavy atom. The Labute approximate surface area is 143 Å². The second-order valence-corrected chi connectivity index (χ2v) is 7.02. The third-order valence-electron chi connectivity index (χ3n) is 4.03. The van der Waals surface area contributed by atoms with E-state index < -0.39 is 5.97 Å². The van der Waals surface area contributed by atoms with Gasteiger partial charge in [-0.05, 0) is 42.2 Å². The second kappa shape index (κ2) is 6.72. The van der Waals surface area contributed by atoms with E-state index in [9.17, 15) is 9.59 Å². The topological polar surface area (TPSA) is 57.6 Å². The summed E-state index contributed by atoms with van der Waals surface area (Å²) in [7, 11) is 0. The lowest BCUT2D eigenvalue weighted by Crippen LogP contribution is -2.36. The number of fused-ring (bicyclic) bond motifs is 1. The zero-order valence-corrected chi connectivity index (χ0v) is 14.0. The van der Waals surface area contributed by atoms with E-state index in [0.29, 0.717) is 31.0 Å². The molecule has 0 fully saturated rings. The van der Waals surface area contributed by atoms with Crippen LogP contribution in [0.15, 0.2) is 29.6 Å². The summed E-state index contributed by atoms with van der Waals surface area (Å²) < 4.78 is 0. The lowest BCUT2D eigenvalue weighted by Gasteiger charge is -2.29. The summed E-state index contributed by atoms with van der Waals surface area (Å²) in [5.41, 5.74) is 2.33. The fourth-order valence-electron chi connectivity index (χ4n) is 2.78. The molecule has 0 spiro atoms. The Morgan fingerprint density at radius 3 is 2.78 bits per heavy atom. The lowest BCUT2D eigenvalue weighted by atomic mass is 9.97. The average molecular weight is 350 g/mol. The molecule has 4 nitrogen and oxygen atoms in total. The number of carboxylic acids is 1. The van der Waals surface area contributed by atoms with E-state index in [0.717, 1.165) is 22.4 Å². The number of benzene rings is 1. The molecule has 0 atom stereocenters. The molecule has 1 aromatic carbocycles. The van der Waals surface area contributed by atoms with Gasteiger partial charge in [0.05, 0.1) is 10.6 Å². The molecular formula is C17H16ClNO3S. The molecule has 1 aromatic heterocycles. The highest BCUT2D eigenvalue weighted by Gasteiger charge is 2.21. The highest BCUT2D eigenvalue weighted by molar-refractivity contribution is 7.10. The van der Waals surface area contributed by atoms with Gasteiger partial charge in [-0.3, -0.25) is 4.79 Å². The molecule has 0 unspecified atom stereocenters. The van der Waals surface area contributed by atoms with Gasteiger partial charge in [0.25, 0.3) is 0 Å². The van der Waals surface area contributed by atoms with Crippen molar-refractivity contribution in [3.05, 3.63) is 56.2 Å². The predicted molar refractivity (Wildman–Crippen MR) is 90.2 cm³/mol. The van der Waals surface area contributed by atoms with Crippen LogP contribution in [0.3, 0.4) is 0 Å². The standard InChI is InChI=1S/C17H16ClNO3S/c18-14-8-15(23-10-14)3-4-16(20)19-6-5-11-1-2-12(17(21)22)7-13(11)9-19/h1-2,7-8,10H,3-6,9H2,(H,21,22). The molecule has 1 N–H and O–H groups in total. The summed E-state index contributed by atoms with van der Waals surface area (Å²) in [6, 6.07) is 7.05. The summed E-state index contributed by atoms with van der Waals surface area (Å²) in [5, 5.41) is 11.7. The molecule has 0 saturated carbocycles. The van der Waals surface area contributed by atoms with Crippen molar-refractivity contribution in [2.75, 3.05) is 6.54 Å². The number of hydrogen-bond acceptors (Lipinski definition) is 3. The predicted octanol–water partition coefficient (Wildman–Crippen LogP) is 3.62. The molecule has 0 aliphatic carbocycles. The van der Waals surface area contributed by atoms with E-state index in [1.807, 2.05) is 22.4 Å². The fourth-order valence-corrected chi connectivity index (χ4v) is 3.85. The maximum atomic E-state index is 12.4. The number of amides is 1. The zero-order valence-electron chi connectivity index (χ0n) is 12.4. The smallest absolute Gasteiger partial charge is 0.335 e. The van der Waals surface area contributed by atoms with Crippen LogP contribution in [0.1, 0.15) is 32.8 Å². The Balaban J connectivity index is 1.64. The first-order valence-corrected chi connectivity index (χ1v) is 8.64. The van der Waals surface area contributed by atoms with Crippen LogP contribution in [0, 0.1) is 0 Å². The van der Waals surface area contributed by atoms with Gasteiger partial charge in [-0.25, -0.2) is 4.79 Å². The SMILES string of the molecule is O=C(O)c1ccc2c(c1)CN(C(=O)CCc1cc(Cl)cs1)CC2. The number of thiophene rings is 1. The molecule has 6 heteroatoms. The van der Waals surface area contributed by atoms with E-state index in [2.05, 4.69) is 0 Å². The van der Waals surface area contributed by atoms with Crippen LogP contribution in [0.2, 0.25) is 5.02 Å². The molecule has 3 rings (SSSR count). The normalized spacial score (nSPS) is 13.7. The van der Waals surface area contributed by atoms with E-state index in [4.69, 9.17) is 16.7 Å². The Hall–Kier alpha value is -1.85. The van der Waals surface area contributed by atoms with E-state index in [-0.39, 0.29) is 11.5 Å². The fraction of sp³-hybridized carbons (Fsp3) is 0.294. The minimum Gasteiger partial charge on any atom is -0.478 e. The van der Waals surface area contributed by atoms with E-state index >= 15 is 0 Å². The van der Waals surface area contributed by atoms with Gasteiger partial charge >= 0.3 is 5.97 Å². The Morgan fingerprint density at radius 1 is 1.26 bits per heavy atom. The maximum absolute atomic E-state index is 12.4. The third-order valence-corrected chi connectivity index (χ3v) is 5.37. The summed E-state index contributed by atoms with van der Waals surface area (Å²) in [4.78, 5) is 26.4. The van der Waals surface area contributed by atoms with Crippen molar-refractivity contribution in [1.29, 1.82) is 0 Å². The zero-order chi connectivity index (χ0) is 16.4. The first-order chi connectivity index (χ1) is 11.0. The molecular weight excluding hydrogens is 334 g/mol. The summed E-state index contributed by atoms with van der Waals surface area (Å²) >= 11 is 7.45. The van der Waals surface area contributed by atoms with Crippen molar-refractivity contribution in [2.45, 2.75) is 25.8 Å². The number of aryl methyl sites for hydroxylation is 1. The lowest BCUT2D eigenvalue weighted by molar-refractivity contribution is -0.132. The molecule has 1 aliphatic heterocycles. The number of halogens is 1. The number of hydrogen-bond donors (Lipinski definition) is 1. The van der Waals surface area contributed by atoms with Crippen LogP contribution in [0.4, 0.5) is 0 Å². The van der Waals surface area contributed by atoms with E-state index in [1.165, 1.54) is 0 Å². The number of carboxylic acid groups (broad SMARTS) is 1. The average Bonchev–Trinajstić information content (AvgIpc) is 2.97. The monoisotopic (exact) mass is 349 g/mol. The van der Waals surface area contributed by atoms with Gasteiger partial charge in [-0.15, -0.1) is 11.3 Å². The number of rotatable bonds is 4. The van der Waals surface area contributed by atoms with Crippen LogP contribution in [0.5, 0.6) is 0 Å². The van der Waals surface area contributed by atoms with Gasteiger partial charge in [0.1, 0.15) is 0 Å². The van der Waals surface area contributed by atoms with Gasteiger partial charge in [0, 0.05) is 29.8 Å². The van der Waals surface area contributed by atoms with Crippen LogP contribution in [0.25, 0.3) is 0 Å². The molecule has 2 heterocycles. The van der Waals surface area contributed by atoms with Crippen molar-refractivity contribution >= 4 is 34.8 Å². The Bertz CT molecular complexity index is 756. The van der Waals surface area contributed by atoms with Crippen LogP contribution in [-0.4, -0.2) is 28.4 Å². The van der Waals surface area contributed by atoms with Gasteiger partial charge < -0.3 is 10.0 Å². The summed E-state index contributed by atoms with van der Waals surface area (Å²) in [6.45, 7) is 1.17. The van der Waals surface area contributed by atoms with Crippen molar-refractivity contribution < 1.29 is 14.7 Å². The molecule has 0 radical (unpaired) electrons. The molecule has 0 saturated heterocycles. The minimum atomic E-state index is -0.939. The maximum Gasteiger partial charge on any atom is 0.335 e. The van der Waals surface area contributed by atoms with Crippen LogP contribution < -0.4 is 0 Å². The number of carbonyl (C=O) groups excluding carboxylic acids is 1. The summed E-state index contributed by atoms with van der Waals surface area (Å²) in [6.07, 6.45) is 1.91. The van der Waals surface area contributed by atoms with Crippen LogP contribution in [-0.2, 0) is 24.2 Å². The van der Waals surface area contributed by atoms with Gasteiger partial charge in [0.2, 0.25) is 5.91 Å². The second-order valence-electron chi connectivity index (χ2n) is 5.59. The van der Waals surface area contributed by atoms with Gasteiger partial charge in [-0.1, -0.05) is 17.7 Å². The molecule has 23 heavy (non-hydrogen) atoms. The van der Waals surface area contributed by atoms with E-state index in [1.54, 1.807) is 23.5 Å². The quantitative estimate of drug-likeness (QED) is 0.917. The molecule has 1 aliphatic rings. The van der Waals surface area contributed by atoms with Gasteiger partial charge in [0.15, 0.2) is 0 Å². The summed E-state index contributed by atoms with van der Waals surface area (Å²) in [5.74, 6) is -0.841. The minimum absolute atomic E-state index is 0.0981. The first kappa shape index (κ1) is 16.0. The van der Waals surface area contributed by atoms with Crippen molar-refractivity contribution in [3.63, 3.8) is 0 Å². The molecule has 1 amide bonds. The van der Waals surface area contributed by atoms with Crippen molar-refractivity contribution in [2.24, 2.45) is 0 Å². The van der Waals surface area contributed by atoms with Crippen molar-refractivity contribution in [3.8, 4) is 0 Å². The number of nitrogens with zero attached hydrogens (tertiary/aromatic N) is 1. The Kier molecular flexibility index (Phi) is 4.68. The first-order valence-electron chi connectivity index (χ1n) is 7.38. The molecule has 120 valence electrons. The number of aromatic carboxylic acids is 1. The van der Waals surface area contributed by atoms with Gasteiger partial charge in [-0.2, -0.15) is 0 Å². The third kappa shape index (κ3) is 3.74. The van der Waals surface area contributed by atoms with Crippen molar-refractivity contribution in [1.82, 2.24) is 4.90 Å².